The third-order valence-corrected chi connectivity index (χ3v) is 3.69. The summed E-state index contributed by atoms with van der Waals surface area (Å²) in [4.78, 5) is 12.2. The molecule has 7 heteroatoms. The zero-order valence-corrected chi connectivity index (χ0v) is 13.0. The smallest absolute Gasteiger partial charge is 0.292 e. The fourth-order valence-corrected chi connectivity index (χ4v) is 2.49. The van der Waals surface area contributed by atoms with Crippen LogP contribution in [0.25, 0.3) is 22.0 Å². The molecular formula is C16H16F2N4O. The summed E-state index contributed by atoms with van der Waals surface area (Å²) in [5.74, 6) is -0.555. The SMILES string of the molecule is CC(C)C(=O)c1nn(C(F)F)c2cc(-c3cnn(C)c3)ccc12. The van der Waals surface area contributed by atoms with E-state index in [0.717, 1.165) is 11.1 Å². The van der Waals surface area contributed by atoms with Gasteiger partial charge in [0.2, 0.25) is 0 Å². The fraction of sp³-hybridized carbons (Fsp3) is 0.312. The zero-order valence-electron chi connectivity index (χ0n) is 13.0. The van der Waals surface area contributed by atoms with E-state index < -0.39 is 6.55 Å². The summed E-state index contributed by atoms with van der Waals surface area (Å²) in [5, 5.41) is 8.37. The molecule has 3 rings (SSSR count). The van der Waals surface area contributed by atoms with E-state index in [1.165, 1.54) is 0 Å². The molecule has 5 nitrogen and oxygen atoms in total. The second kappa shape index (κ2) is 5.57. The molecule has 120 valence electrons. The molecule has 2 heterocycles. The number of rotatable bonds is 4. The maximum Gasteiger partial charge on any atom is 0.333 e. The Morgan fingerprint density at radius 1 is 1.22 bits per heavy atom. The van der Waals surface area contributed by atoms with Gasteiger partial charge in [0.15, 0.2) is 5.78 Å². The molecule has 0 saturated carbocycles. The Morgan fingerprint density at radius 2 is 1.96 bits per heavy atom. The molecule has 3 aromatic rings. The van der Waals surface area contributed by atoms with Crippen LogP contribution in [-0.4, -0.2) is 25.3 Å². The number of alkyl halides is 2. The standard InChI is InChI=1S/C16H16F2N4O/c1-9(2)15(23)14-12-5-4-10(11-7-19-21(3)8-11)6-13(12)22(20-14)16(17)18/h4-9,16H,1-3H3. The lowest BCUT2D eigenvalue weighted by atomic mass is 10.0. The summed E-state index contributed by atoms with van der Waals surface area (Å²) in [6, 6.07) is 5.07. The first-order valence-electron chi connectivity index (χ1n) is 7.22. The third-order valence-electron chi connectivity index (χ3n) is 3.69. The number of fused-ring (bicyclic) bond motifs is 1. The van der Waals surface area contributed by atoms with Crippen LogP contribution in [0.1, 0.15) is 30.9 Å². The number of Topliss-reactive ketones (excluding diaryl/α,β-unsaturated/α-hetero) is 1. The Bertz CT molecular complexity index is 879. The number of hydrogen-bond donors (Lipinski definition) is 0. The van der Waals surface area contributed by atoms with E-state index in [2.05, 4.69) is 10.2 Å². The highest BCUT2D eigenvalue weighted by molar-refractivity contribution is 6.07. The molecule has 2 aromatic heterocycles. The van der Waals surface area contributed by atoms with E-state index in [-0.39, 0.29) is 22.9 Å². The minimum absolute atomic E-state index is 0.0908. The molecule has 23 heavy (non-hydrogen) atoms. The van der Waals surface area contributed by atoms with Crippen molar-refractivity contribution in [1.82, 2.24) is 19.6 Å². The summed E-state index contributed by atoms with van der Waals surface area (Å²) >= 11 is 0. The predicted molar refractivity (Wildman–Crippen MR) is 82.4 cm³/mol. The maximum absolute atomic E-state index is 13.3. The van der Waals surface area contributed by atoms with Gasteiger partial charge in [-0.1, -0.05) is 19.9 Å². The van der Waals surface area contributed by atoms with Crippen LogP contribution in [0.5, 0.6) is 0 Å². The van der Waals surface area contributed by atoms with Crippen LogP contribution >= 0.6 is 0 Å². The van der Waals surface area contributed by atoms with E-state index in [1.807, 2.05) is 0 Å². The highest BCUT2D eigenvalue weighted by atomic mass is 19.3. The van der Waals surface area contributed by atoms with Crippen molar-refractivity contribution in [2.24, 2.45) is 13.0 Å². The first-order chi connectivity index (χ1) is 10.9. The minimum Gasteiger partial charge on any atom is -0.292 e. The predicted octanol–water partition coefficient (Wildman–Crippen LogP) is 3.67. The molecular weight excluding hydrogens is 302 g/mol. The maximum atomic E-state index is 13.3. The van der Waals surface area contributed by atoms with Gasteiger partial charge < -0.3 is 0 Å². The van der Waals surface area contributed by atoms with Crippen molar-refractivity contribution < 1.29 is 13.6 Å². The molecule has 0 saturated heterocycles. The van der Waals surface area contributed by atoms with E-state index in [9.17, 15) is 13.6 Å². The van der Waals surface area contributed by atoms with Crippen LogP contribution in [0.2, 0.25) is 0 Å². The molecule has 0 aliphatic rings. The summed E-state index contributed by atoms with van der Waals surface area (Å²) in [6.45, 7) is 0.634. The minimum atomic E-state index is -2.81. The number of carbonyl (C=O) groups excluding carboxylic acids is 1. The van der Waals surface area contributed by atoms with Gasteiger partial charge in [-0.25, -0.2) is 4.68 Å². The molecule has 0 spiro atoms. The van der Waals surface area contributed by atoms with Crippen molar-refractivity contribution in [2.45, 2.75) is 20.4 Å². The molecule has 1 aromatic carbocycles. The number of nitrogens with zero attached hydrogens (tertiary/aromatic N) is 4. The van der Waals surface area contributed by atoms with Gasteiger partial charge >= 0.3 is 6.55 Å². The summed E-state index contributed by atoms with van der Waals surface area (Å²) in [7, 11) is 1.78. The van der Waals surface area contributed by atoms with Gasteiger partial charge in [-0.2, -0.15) is 19.0 Å². The molecule has 0 atom stereocenters. The lowest BCUT2D eigenvalue weighted by Crippen LogP contribution is -2.10. The normalized spacial score (nSPS) is 11.8. The average molecular weight is 318 g/mol. The Labute approximate surface area is 131 Å². The highest BCUT2D eigenvalue weighted by Gasteiger charge is 2.23. The average Bonchev–Trinajstić information content (AvgIpc) is 3.09. The Morgan fingerprint density at radius 3 is 2.52 bits per heavy atom. The van der Waals surface area contributed by atoms with Gasteiger partial charge in [0.25, 0.3) is 0 Å². The van der Waals surface area contributed by atoms with Gasteiger partial charge in [0, 0.05) is 30.1 Å². The number of aryl methyl sites for hydroxylation is 1. The Kier molecular flexibility index (Phi) is 3.71. The van der Waals surface area contributed by atoms with Crippen molar-refractivity contribution in [2.75, 3.05) is 0 Å². The van der Waals surface area contributed by atoms with Crippen molar-refractivity contribution in [3.05, 3.63) is 36.3 Å². The topological polar surface area (TPSA) is 52.7 Å². The van der Waals surface area contributed by atoms with E-state index in [0.29, 0.717) is 10.1 Å². The third kappa shape index (κ3) is 2.62. The first-order valence-corrected chi connectivity index (χ1v) is 7.22. The number of ketones is 1. The van der Waals surface area contributed by atoms with Crippen LogP contribution < -0.4 is 0 Å². The van der Waals surface area contributed by atoms with Crippen molar-refractivity contribution in [3.63, 3.8) is 0 Å². The van der Waals surface area contributed by atoms with E-state index in [1.54, 1.807) is 56.2 Å². The Hall–Kier alpha value is -2.57. The highest BCUT2D eigenvalue weighted by Crippen LogP contribution is 2.29. The van der Waals surface area contributed by atoms with Crippen LogP contribution in [-0.2, 0) is 7.05 Å². The molecule has 0 aliphatic heterocycles. The van der Waals surface area contributed by atoms with Crippen LogP contribution in [0.4, 0.5) is 8.78 Å². The van der Waals surface area contributed by atoms with Crippen LogP contribution in [0, 0.1) is 5.92 Å². The van der Waals surface area contributed by atoms with E-state index in [4.69, 9.17) is 0 Å². The molecule has 0 radical (unpaired) electrons. The van der Waals surface area contributed by atoms with Gasteiger partial charge in [-0.15, -0.1) is 0 Å². The van der Waals surface area contributed by atoms with Gasteiger partial charge in [-0.05, 0) is 17.7 Å². The second-order valence-corrected chi connectivity index (χ2v) is 5.72. The summed E-state index contributed by atoms with van der Waals surface area (Å²) < 4.78 is 28.8. The molecule has 0 fully saturated rings. The molecule has 0 unspecified atom stereocenters. The molecule has 0 amide bonds. The van der Waals surface area contributed by atoms with Gasteiger partial charge in [0.05, 0.1) is 11.7 Å². The van der Waals surface area contributed by atoms with Crippen molar-refractivity contribution in [1.29, 1.82) is 0 Å². The fourth-order valence-electron chi connectivity index (χ4n) is 2.49. The second-order valence-electron chi connectivity index (χ2n) is 5.72. The quantitative estimate of drug-likeness (QED) is 0.690. The van der Waals surface area contributed by atoms with Crippen molar-refractivity contribution in [3.8, 4) is 11.1 Å². The molecule has 0 N–H and O–H groups in total. The number of halogens is 2. The van der Waals surface area contributed by atoms with Gasteiger partial charge in [0.1, 0.15) is 5.69 Å². The van der Waals surface area contributed by atoms with Gasteiger partial charge in [-0.3, -0.25) is 9.48 Å². The molecule has 0 aliphatic carbocycles. The molecule has 0 bridgehead atoms. The lowest BCUT2D eigenvalue weighted by molar-refractivity contribution is 0.0607. The largest absolute Gasteiger partial charge is 0.333 e. The number of aromatic nitrogens is 4. The summed E-state index contributed by atoms with van der Waals surface area (Å²) in [6.07, 6.45) is 3.45. The first kappa shape index (κ1) is 15.3. The number of hydrogen-bond acceptors (Lipinski definition) is 3. The zero-order chi connectivity index (χ0) is 16.7. The van der Waals surface area contributed by atoms with Crippen molar-refractivity contribution >= 4 is 16.7 Å². The monoisotopic (exact) mass is 318 g/mol. The lowest BCUT2D eigenvalue weighted by Gasteiger charge is -2.02. The summed E-state index contributed by atoms with van der Waals surface area (Å²) in [5.41, 5.74) is 1.89. The van der Waals surface area contributed by atoms with E-state index >= 15 is 0 Å². The number of carbonyl (C=O) groups is 1. The van der Waals surface area contributed by atoms with Crippen LogP contribution in [0.15, 0.2) is 30.6 Å². The Balaban J connectivity index is 2.21. The number of benzene rings is 1. The van der Waals surface area contributed by atoms with Crippen LogP contribution in [0.3, 0.4) is 0 Å².